The van der Waals surface area contributed by atoms with Crippen molar-refractivity contribution in [2.75, 3.05) is 69.2 Å². The molecule has 1 amide bonds. The van der Waals surface area contributed by atoms with Gasteiger partial charge in [0.25, 0.3) is 0 Å². The molecule has 0 radical (unpaired) electrons. The quantitative estimate of drug-likeness (QED) is 0.707. The van der Waals surface area contributed by atoms with Crippen LogP contribution in [0.1, 0.15) is 16.8 Å². The molecule has 1 aromatic carbocycles. The zero-order chi connectivity index (χ0) is 21.8. The highest BCUT2D eigenvalue weighted by Crippen LogP contribution is 2.20. The summed E-state index contributed by atoms with van der Waals surface area (Å²) in [6.45, 7) is 11.0. The molecule has 2 fully saturated rings. The summed E-state index contributed by atoms with van der Waals surface area (Å²) in [5.74, 6) is 1.85. The zero-order valence-electron chi connectivity index (χ0n) is 18.8. The Morgan fingerprint density at radius 1 is 0.903 bits per heavy atom. The number of piperazine rings is 2. The number of anilines is 2. The number of hydrogen-bond donors (Lipinski definition) is 0. The van der Waals surface area contributed by atoms with E-state index in [9.17, 15) is 4.79 Å². The second kappa shape index (κ2) is 9.47. The van der Waals surface area contributed by atoms with Gasteiger partial charge in [0.2, 0.25) is 11.9 Å². The van der Waals surface area contributed by atoms with Crippen molar-refractivity contribution >= 4 is 23.7 Å². The molecule has 0 unspecified atom stereocenters. The Kier molecular flexibility index (Phi) is 6.51. The number of aryl methyl sites for hydroxylation is 2. The first-order valence-electron chi connectivity index (χ1n) is 11.1. The van der Waals surface area contributed by atoms with E-state index < -0.39 is 0 Å². The van der Waals surface area contributed by atoms with E-state index in [0.717, 1.165) is 62.3 Å². The van der Waals surface area contributed by atoms with Gasteiger partial charge in [0.05, 0.1) is 0 Å². The maximum absolute atomic E-state index is 12.6. The third-order valence-electron chi connectivity index (χ3n) is 6.12. The van der Waals surface area contributed by atoms with Gasteiger partial charge in [-0.1, -0.05) is 24.3 Å². The van der Waals surface area contributed by atoms with E-state index in [4.69, 9.17) is 4.98 Å². The molecule has 3 heterocycles. The Morgan fingerprint density at radius 3 is 2.29 bits per heavy atom. The molecule has 1 aromatic heterocycles. The Bertz CT molecular complexity index is 943. The van der Waals surface area contributed by atoms with Crippen LogP contribution in [0.25, 0.3) is 6.08 Å². The summed E-state index contributed by atoms with van der Waals surface area (Å²) in [7, 11) is 2.16. The number of carbonyl (C=O) groups excluding carboxylic acids is 1. The average molecular weight is 421 g/mol. The smallest absolute Gasteiger partial charge is 0.246 e. The Balaban J connectivity index is 1.37. The molecule has 164 valence electrons. The second-order valence-corrected chi connectivity index (χ2v) is 8.46. The van der Waals surface area contributed by atoms with E-state index in [0.29, 0.717) is 13.1 Å². The standard InChI is InChI=1S/C24H32N6O/c1-19-6-4-5-7-21(19)8-9-23(31)29-14-16-30(17-15-29)24-25-20(2)18-22(26-24)28-12-10-27(3)11-13-28/h4-9,18H,10-17H2,1-3H3/b9-8+. The van der Waals surface area contributed by atoms with Crippen molar-refractivity contribution in [2.24, 2.45) is 0 Å². The number of likely N-dealkylation sites (N-methyl/N-ethyl adjacent to an activating group) is 1. The predicted octanol–water partition coefficient (Wildman–Crippen LogP) is 2.21. The largest absolute Gasteiger partial charge is 0.354 e. The van der Waals surface area contributed by atoms with Crippen LogP contribution in [-0.4, -0.2) is 85.1 Å². The highest BCUT2D eigenvalue weighted by atomic mass is 16.2. The summed E-state index contributed by atoms with van der Waals surface area (Å²) in [4.78, 5) is 31.0. The van der Waals surface area contributed by atoms with E-state index in [1.54, 1.807) is 6.08 Å². The number of amides is 1. The van der Waals surface area contributed by atoms with Gasteiger partial charge >= 0.3 is 0 Å². The van der Waals surface area contributed by atoms with Crippen LogP contribution in [0.5, 0.6) is 0 Å². The summed E-state index contributed by atoms with van der Waals surface area (Å²) in [6.07, 6.45) is 3.60. The average Bonchev–Trinajstić information content (AvgIpc) is 2.78. The van der Waals surface area contributed by atoms with Crippen molar-refractivity contribution in [3.63, 3.8) is 0 Å². The fourth-order valence-electron chi connectivity index (χ4n) is 4.04. The van der Waals surface area contributed by atoms with Crippen molar-refractivity contribution in [3.05, 3.63) is 53.2 Å². The van der Waals surface area contributed by atoms with Gasteiger partial charge in [0, 0.05) is 70.2 Å². The predicted molar refractivity (Wildman–Crippen MR) is 125 cm³/mol. The van der Waals surface area contributed by atoms with Crippen LogP contribution < -0.4 is 9.80 Å². The fraction of sp³-hybridized carbons (Fsp3) is 0.458. The molecule has 0 N–H and O–H groups in total. The number of benzene rings is 1. The van der Waals surface area contributed by atoms with Crippen LogP contribution >= 0.6 is 0 Å². The van der Waals surface area contributed by atoms with Crippen LogP contribution in [0.4, 0.5) is 11.8 Å². The van der Waals surface area contributed by atoms with Gasteiger partial charge < -0.3 is 19.6 Å². The number of aromatic nitrogens is 2. The van der Waals surface area contributed by atoms with Crippen LogP contribution in [0.3, 0.4) is 0 Å². The van der Waals surface area contributed by atoms with Crippen LogP contribution in [0.2, 0.25) is 0 Å². The lowest BCUT2D eigenvalue weighted by molar-refractivity contribution is -0.126. The van der Waals surface area contributed by atoms with Crippen molar-refractivity contribution in [2.45, 2.75) is 13.8 Å². The van der Waals surface area contributed by atoms with E-state index in [1.165, 1.54) is 5.56 Å². The number of rotatable bonds is 4. The molecular formula is C24H32N6O. The lowest BCUT2D eigenvalue weighted by Gasteiger charge is -2.36. The molecule has 0 saturated carbocycles. The molecule has 2 aliphatic rings. The Morgan fingerprint density at radius 2 is 1.58 bits per heavy atom. The van der Waals surface area contributed by atoms with Gasteiger partial charge in [0.1, 0.15) is 5.82 Å². The minimum absolute atomic E-state index is 0.0613. The third kappa shape index (κ3) is 5.22. The number of hydrogen-bond acceptors (Lipinski definition) is 6. The minimum atomic E-state index is 0.0613. The fourth-order valence-corrected chi connectivity index (χ4v) is 4.04. The second-order valence-electron chi connectivity index (χ2n) is 8.46. The maximum Gasteiger partial charge on any atom is 0.246 e. The first-order chi connectivity index (χ1) is 15.0. The van der Waals surface area contributed by atoms with Crippen molar-refractivity contribution < 1.29 is 4.79 Å². The summed E-state index contributed by atoms with van der Waals surface area (Å²) in [6, 6.07) is 10.2. The van der Waals surface area contributed by atoms with Crippen molar-refractivity contribution in [3.8, 4) is 0 Å². The van der Waals surface area contributed by atoms with E-state index in [1.807, 2.05) is 36.1 Å². The SMILES string of the molecule is Cc1cc(N2CCN(C)CC2)nc(N2CCN(C(=O)/C=C/c3ccccc3C)CC2)n1. The molecule has 0 bridgehead atoms. The lowest BCUT2D eigenvalue weighted by atomic mass is 10.1. The van der Waals surface area contributed by atoms with Crippen LogP contribution in [0, 0.1) is 13.8 Å². The molecule has 2 saturated heterocycles. The molecule has 7 nitrogen and oxygen atoms in total. The van der Waals surface area contributed by atoms with E-state index in [2.05, 4.69) is 45.8 Å². The molecule has 4 rings (SSSR count). The highest BCUT2D eigenvalue weighted by molar-refractivity contribution is 5.92. The summed E-state index contributed by atoms with van der Waals surface area (Å²) in [5.41, 5.74) is 3.24. The van der Waals surface area contributed by atoms with Gasteiger partial charge in [0.15, 0.2) is 0 Å². The summed E-state index contributed by atoms with van der Waals surface area (Å²) >= 11 is 0. The molecule has 0 aliphatic carbocycles. The topological polar surface area (TPSA) is 55.8 Å². The molecular weight excluding hydrogens is 388 g/mol. The summed E-state index contributed by atoms with van der Waals surface area (Å²) in [5, 5.41) is 0. The van der Waals surface area contributed by atoms with Crippen molar-refractivity contribution in [1.29, 1.82) is 0 Å². The van der Waals surface area contributed by atoms with Gasteiger partial charge in [-0.2, -0.15) is 4.98 Å². The van der Waals surface area contributed by atoms with Gasteiger partial charge in [-0.15, -0.1) is 0 Å². The van der Waals surface area contributed by atoms with Crippen molar-refractivity contribution in [1.82, 2.24) is 19.8 Å². The van der Waals surface area contributed by atoms with E-state index >= 15 is 0 Å². The van der Waals surface area contributed by atoms with Gasteiger partial charge in [-0.25, -0.2) is 4.98 Å². The third-order valence-corrected chi connectivity index (χ3v) is 6.12. The van der Waals surface area contributed by atoms with Gasteiger partial charge in [-0.3, -0.25) is 4.79 Å². The monoisotopic (exact) mass is 420 g/mol. The van der Waals surface area contributed by atoms with E-state index in [-0.39, 0.29) is 5.91 Å². The molecule has 0 atom stereocenters. The highest BCUT2D eigenvalue weighted by Gasteiger charge is 2.23. The Hall–Kier alpha value is -2.93. The molecule has 7 heteroatoms. The lowest BCUT2D eigenvalue weighted by Crippen LogP contribution is -2.49. The summed E-state index contributed by atoms with van der Waals surface area (Å²) < 4.78 is 0. The first-order valence-corrected chi connectivity index (χ1v) is 11.1. The maximum atomic E-state index is 12.6. The van der Waals surface area contributed by atoms with Crippen LogP contribution in [-0.2, 0) is 4.79 Å². The normalized spacial score (nSPS) is 18.1. The first kappa shape index (κ1) is 21.3. The molecule has 31 heavy (non-hydrogen) atoms. The molecule has 2 aromatic rings. The zero-order valence-corrected chi connectivity index (χ0v) is 18.8. The van der Waals surface area contributed by atoms with Gasteiger partial charge in [-0.05, 0) is 38.1 Å². The number of carbonyl (C=O) groups is 1. The minimum Gasteiger partial charge on any atom is -0.354 e. The molecule has 0 spiro atoms. The van der Waals surface area contributed by atoms with Crippen LogP contribution in [0.15, 0.2) is 36.4 Å². The number of nitrogens with zero attached hydrogens (tertiary/aromatic N) is 6. The Labute approximate surface area is 185 Å². The molecule has 2 aliphatic heterocycles.